The highest BCUT2D eigenvalue weighted by atomic mass is 19.1. The third-order valence-electron chi connectivity index (χ3n) is 2.52. The number of nitrogens with zero attached hydrogens (tertiary/aromatic N) is 1. The summed E-state index contributed by atoms with van der Waals surface area (Å²) in [4.78, 5) is 15.8. The van der Waals surface area contributed by atoms with Crippen molar-refractivity contribution < 1.29 is 9.18 Å². The summed E-state index contributed by atoms with van der Waals surface area (Å²) in [6, 6.07) is 9.30. The molecular weight excluding hydrogens is 243 g/mol. The van der Waals surface area contributed by atoms with Gasteiger partial charge in [-0.15, -0.1) is 0 Å². The Bertz CT molecular complexity index is 579. The quantitative estimate of drug-likeness (QED) is 0.833. The molecule has 0 amide bonds. The number of Topliss-reactive ketones (excluding diaryl/α,β-unsaturated/α-hetero) is 1. The van der Waals surface area contributed by atoms with Crippen LogP contribution >= 0.6 is 0 Å². The van der Waals surface area contributed by atoms with E-state index in [1.54, 1.807) is 30.5 Å². The number of benzene rings is 1. The molecule has 2 rings (SSSR count). The van der Waals surface area contributed by atoms with Crippen molar-refractivity contribution in [3.05, 3.63) is 72.4 Å². The molecule has 0 unspecified atom stereocenters. The van der Waals surface area contributed by atoms with Crippen molar-refractivity contribution in [3.63, 3.8) is 0 Å². The predicted octanol–water partition coefficient (Wildman–Crippen LogP) is 3.42. The van der Waals surface area contributed by atoms with Crippen molar-refractivity contribution >= 4 is 11.5 Å². The van der Waals surface area contributed by atoms with Gasteiger partial charge >= 0.3 is 0 Å². The number of hydrogen-bond donors (Lipinski definition) is 1. The van der Waals surface area contributed by atoms with Gasteiger partial charge in [0, 0.05) is 29.3 Å². The highest BCUT2D eigenvalue weighted by Gasteiger charge is 2.07. The number of halogens is 1. The predicted molar refractivity (Wildman–Crippen MR) is 72.3 cm³/mol. The van der Waals surface area contributed by atoms with Crippen molar-refractivity contribution in [2.24, 2.45) is 0 Å². The van der Waals surface area contributed by atoms with E-state index in [1.807, 2.05) is 0 Å². The fraction of sp³-hybridized carbons (Fsp3) is 0.0667. The molecule has 2 aromatic rings. The highest BCUT2D eigenvalue weighted by molar-refractivity contribution is 5.97. The minimum atomic E-state index is -0.303. The van der Waals surface area contributed by atoms with Gasteiger partial charge in [-0.3, -0.25) is 9.78 Å². The number of rotatable bonds is 5. The number of carbonyl (C=O) groups excluding carboxylic acids is 1. The summed E-state index contributed by atoms with van der Waals surface area (Å²) in [6.07, 6.45) is 3.30. The molecule has 19 heavy (non-hydrogen) atoms. The van der Waals surface area contributed by atoms with Crippen LogP contribution in [0.3, 0.4) is 0 Å². The Morgan fingerprint density at radius 3 is 2.63 bits per heavy atom. The Kier molecular flexibility index (Phi) is 4.03. The van der Waals surface area contributed by atoms with Gasteiger partial charge in [-0.1, -0.05) is 6.58 Å². The smallest absolute Gasteiger partial charge is 0.170 e. The fourth-order valence-corrected chi connectivity index (χ4v) is 1.61. The molecule has 0 aliphatic rings. The Hall–Kier alpha value is -2.49. The molecule has 1 heterocycles. The van der Waals surface area contributed by atoms with Gasteiger partial charge in [-0.05, 0) is 36.4 Å². The number of hydrogen-bond acceptors (Lipinski definition) is 3. The molecule has 0 aliphatic carbocycles. The monoisotopic (exact) mass is 256 g/mol. The minimum absolute atomic E-state index is 0.0623. The van der Waals surface area contributed by atoms with Gasteiger partial charge in [0.15, 0.2) is 5.78 Å². The summed E-state index contributed by atoms with van der Waals surface area (Å²) in [7, 11) is 0. The van der Waals surface area contributed by atoms with Crippen LogP contribution in [0.1, 0.15) is 16.8 Å². The lowest BCUT2D eigenvalue weighted by atomic mass is 10.1. The third kappa shape index (κ3) is 3.74. The van der Waals surface area contributed by atoms with Crippen molar-refractivity contribution in [2.45, 2.75) is 6.42 Å². The first-order chi connectivity index (χ1) is 9.15. The lowest BCUT2D eigenvalue weighted by Crippen LogP contribution is -2.06. The minimum Gasteiger partial charge on any atom is -0.359 e. The van der Waals surface area contributed by atoms with Crippen molar-refractivity contribution in [1.82, 2.24) is 4.98 Å². The molecule has 0 spiro atoms. The van der Waals surface area contributed by atoms with Crippen molar-refractivity contribution in [3.8, 4) is 0 Å². The van der Waals surface area contributed by atoms with E-state index in [9.17, 15) is 9.18 Å². The topological polar surface area (TPSA) is 42.0 Å². The van der Waals surface area contributed by atoms with E-state index in [-0.39, 0.29) is 18.0 Å². The first-order valence-corrected chi connectivity index (χ1v) is 5.79. The molecule has 0 saturated heterocycles. The fourth-order valence-electron chi connectivity index (χ4n) is 1.61. The van der Waals surface area contributed by atoms with E-state index in [1.165, 1.54) is 18.3 Å². The Morgan fingerprint density at radius 1 is 1.26 bits per heavy atom. The molecule has 0 radical (unpaired) electrons. The Morgan fingerprint density at radius 2 is 2.00 bits per heavy atom. The number of nitrogens with one attached hydrogen (secondary N) is 1. The Labute approximate surface area is 110 Å². The number of ketones is 1. The van der Waals surface area contributed by atoms with E-state index < -0.39 is 0 Å². The first kappa shape index (κ1) is 13.0. The first-order valence-electron chi connectivity index (χ1n) is 5.79. The molecule has 0 saturated carbocycles. The number of aromatic nitrogens is 1. The van der Waals surface area contributed by atoms with E-state index in [4.69, 9.17) is 0 Å². The van der Waals surface area contributed by atoms with Crippen LogP contribution in [0, 0.1) is 5.82 Å². The van der Waals surface area contributed by atoms with Crippen LogP contribution in [-0.4, -0.2) is 10.8 Å². The third-order valence-corrected chi connectivity index (χ3v) is 2.52. The van der Waals surface area contributed by atoms with Gasteiger partial charge < -0.3 is 5.32 Å². The summed E-state index contributed by atoms with van der Waals surface area (Å²) in [5, 5.41) is 2.97. The molecule has 1 aromatic heterocycles. The number of allylic oxidation sites excluding steroid dienone is 1. The lowest BCUT2D eigenvalue weighted by molar-refractivity contribution is 0.0993. The molecule has 1 N–H and O–H groups in total. The summed E-state index contributed by atoms with van der Waals surface area (Å²) < 4.78 is 12.7. The van der Waals surface area contributed by atoms with Gasteiger partial charge in [-0.2, -0.15) is 0 Å². The maximum atomic E-state index is 12.7. The maximum Gasteiger partial charge on any atom is 0.170 e. The van der Waals surface area contributed by atoms with Gasteiger partial charge in [0.1, 0.15) is 5.82 Å². The molecule has 0 aliphatic heterocycles. The summed E-state index contributed by atoms with van der Waals surface area (Å²) >= 11 is 0. The lowest BCUT2D eigenvalue weighted by Gasteiger charge is -2.08. The summed E-state index contributed by atoms with van der Waals surface area (Å²) in [5.41, 5.74) is 1.80. The van der Waals surface area contributed by atoms with Crippen molar-refractivity contribution in [2.75, 3.05) is 5.32 Å². The SMILES string of the molecule is C=C(CC(=O)c1cccnc1)Nc1ccc(F)cc1. The zero-order valence-corrected chi connectivity index (χ0v) is 10.3. The highest BCUT2D eigenvalue weighted by Crippen LogP contribution is 2.13. The molecular formula is C15H13FN2O. The largest absolute Gasteiger partial charge is 0.359 e. The number of pyridine rings is 1. The molecule has 4 heteroatoms. The normalized spacial score (nSPS) is 9.95. The van der Waals surface area contributed by atoms with Gasteiger partial charge in [-0.25, -0.2) is 4.39 Å². The van der Waals surface area contributed by atoms with Crippen LogP contribution in [0.5, 0.6) is 0 Å². The van der Waals surface area contributed by atoms with E-state index >= 15 is 0 Å². The van der Waals surface area contributed by atoms with Crippen LogP contribution in [0.25, 0.3) is 0 Å². The summed E-state index contributed by atoms with van der Waals surface area (Å²) in [5.74, 6) is -0.365. The zero-order valence-electron chi connectivity index (χ0n) is 10.3. The molecule has 96 valence electrons. The van der Waals surface area contributed by atoms with Crippen LogP contribution < -0.4 is 5.32 Å². The van der Waals surface area contributed by atoms with Crippen LogP contribution in [-0.2, 0) is 0 Å². The number of carbonyl (C=O) groups is 1. The Balaban J connectivity index is 1.95. The standard InChI is InChI=1S/C15H13FN2O/c1-11(18-14-6-4-13(16)5-7-14)9-15(19)12-3-2-8-17-10-12/h2-8,10,18H,1,9H2. The van der Waals surface area contributed by atoms with Gasteiger partial charge in [0.2, 0.25) is 0 Å². The average Bonchev–Trinajstić information content (AvgIpc) is 2.42. The van der Waals surface area contributed by atoms with E-state index in [0.717, 1.165) is 0 Å². The average molecular weight is 256 g/mol. The molecule has 0 fully saturated rings. The number of anilines is 1. The van der Waals surface area contributed by atoms with Gasteiger partial charge in [0.05, 0.1) is 6.42 Å². The van der Waals surface area contributed by atoms with E-state index in [0.29, 0.717) is 16.9 Å². The second kappa shape index (κ2) is 5.91. The van der Waals surface area contributed by atoms with Crippen LogP contribution in [0.4, 0.5) is 10.1 Å². The molecule has 3 nitrogen and oxygen atoms in total. The van der Waals surface area contributed by atoms with Gasteiger partial charge in [0.25, 0.3) is 0 Å². The molecule has 0 bridgehead atoms. The van der Waals surface area contributed by atoms with Crippen LogP contribution in [0.2, 0.25) is 0 Å². The molecule has 1 aromatic carbocycles. The van der Waals surface area contributed by atoms with E-state index in [2.05, 4.69) is 16.9 Å². The van der Waals surface area contributed by atoms with Crippen LogP contribution in [0.15, 0.2) is 61.1 Å². The zero-order chi connectivity index (χ0) is 13.7. The van der Waals surface area contributed by atoms with Crippen molar-refractivity contribution in [1.29, 1.82) is 0 Å². The second-order valence-electron chi connectivity index (χ2n) is 4.08. The second-order valence-corrected chi connectivity index (χ2v) is 4.08. The summed E-state index contributed by atoms with van der Waals surface area (Å²) in [6.45, 7) is 3.79. The maximum absolute atomic E-state index is 12.7. The molecule has 0 atom stereocenters.